The van der Waals surface area contributed by atoms with Crippen LogP contribution in [-0.2, 0) is 6.61 Å². The average Bonchev–Trinajstić information content (AvgIpc) is 2.93. The molecule has 2 aromatic carbocycles. The first-order valence-corrected chi connectivity index (χ1v) is 11.4. The van der Waals surface area contributed by atoms with E-state index in [1.165, 1.54) is 5.56 Å². The van der Waals surface area contributed by atoms with Crippen molar-refractivity contribution in [3.63, 3.8) is 0 Å². The second-order valence-electron chi connectivity index (χ2n) is 8.19. The maximum absolute atomic E-state index is 9.57. The van der Waals surface area contributed by atoms with E-state index in [-0.39, 0.29) is 13.2 Å². The number of rotatable bonds is 6. The molecule has 2 N–H and O–H groups in total. The van der Waals surface area contributed by atoms with E-state index < -0.39 is 0 Å². The number of aliphatic imine (C=N–C) groups is 1. The summed E-state index contributed by atoms with van der Waals surface area (Å²) in [6.07, 6.45) is 3.54. The molecule has 0 saturated heterocycles. The molecule has 1 aliphatic rings. The minimum absolute atomic E-state index is 0.0862. The van der Waals surface area contributed by atoms with Gasteiger partial charge in [0.05, 0.1) is 47.4 Å². The van der Waals surface area contributed by atoms with Crippen LogP contribution in [0.25, 0.3) is 33.6 Å². The summed E-state index contributed by atoms with van der Waals surface area (Å²) in [5.41, 5.74) is 8.73. The van der Waals surface area contributed by atoms with E-state index >= 15 is 0 Å². The number of aliphatic hydroxyl groups is 2. The van der Waals surface area contributed by atoms with Gasteiger partial charge in [0.2, 0.25) is 0 Å². The molecule has 1 aliphatic heterocycles. The first kappa shape index (κ1) is 21.9. The lowest BCUT2D eigenvalue weighted by Gasteiger charge is -2.14. The minimum atomic E-state index is -0.126. The summed E-state index contributed by atoms with van der Waals surface area (Å²) < 4.78 is 0. The van der Waals surface area contributed by atoms with Crippen molar-refractivity contribution >= 4 is 5.71 Å². The molecule has 0 saturated carbocycles. The standard InChI is InChI=1S/C29H25N3O2/c33-18-24-8-4-10-26(30-24)28-16-23(17-29(32-28)27-11-5-9-25(19-34)31-27)22-14-12-21(13-15-22)20-6-2-1-3-7-20/h1-4,6-10,12-17,33-34H,5,11,18-19H2. The fourth-order valence-corrected chi connectivity index (χ4v) is 4.11. The Morgan fingerprint density at radius 3 is 2.06 bits per heavy atom. The highest BCUT2D eigenvalue weighted by Gasteiger charge is 2.15. The monoisotopic (exact) mass is 447 g/mol. The Bertz CT molecular complexity index is 1360. The highest BCUT2D eigenvalue weighted by atomic mass is 16.3. The van der Waals surface area contributed by atoms with Crippen LogP contribution in [0, 0.1) is 0 Å². The number of benzene rings is 2. The Hall–Kier alpha value is -3.93. The third kappa shape index (κ3) is 4.71. The maximum Gasteiger partial charge on any atom is 0.0900 e. The molecule has 0 atom stereocenters. The van der Waals surface area contributed by atoms with Crippen LogP contribution in [-0.4, -0.2) is 32.5 Å². The van der Waals surface area contributed by atoms with Crippen molar-refractivity contribution in [1.82, 2.24) is 9.97 Å². The van der Waals surface area contributed by atoms with Crippen LogP contribution in [0.4, 0.5) is 0 Å². The molecule has 0 fully saturated rings. The van der Waals surface area contributed by atoms with Crippen LogP contribution in [0.15, 0.2) is 102 Å². The number of aromatic nitrogens is 2. The fraction of sp³-hybridized carbons (Fsp3) is 0.138. The number of hydrogen-bond acceptors (Lipinski definition) is 5. The molecular formula is C29H25N3O2. The average molecular weight is 448 g/mol. The van der Waals surface area contributed by atoms with E-state index in [2.05, 4.69) is 52.4 Å². The van der Waals surface area contributed by atoms with Crippen molar-refractivity contribution in [3.05, 3.63) is 108 Å². The van der Waals surface area contributed by atoms with Crippen molar-refractivity contribution in [3.8, 4) is 33.6 Å². The number of hydrogen-bond donors (Lipinski definition) is 2. The molecular weight excluding hydrogens is 422 g/mol. The van der Waals surface area contributed by atoms with Gasteiger partial charge in [-0.15, -0.1) is 0 Å². The summed E-state index contributed by atoms with van der Waals surface area (Å²) in [7, 11) is 0. The summed E-state index contributed by atoms with van der Waals surface area (Å²) in [6, 6.07) is 28.4. The van der Waals surface area contributed by atoms with Gasteiger partial charge in [0, 0.05) is 0 Å². The molecule has 5 nitrogen and oxygen atoms in total. The van der Waals surface area contributed by atoms with Gasteiger partial charge in [0.1, 0.15) is 0 Å². The predicted molar refractivity (Wildman–Crippen MR) is 135 cm³/mol. The summed E-state index contributed by atoms with van der Waals surface area (Å²) in [6.45, 7) is -0.213. The van der Waals surface area contributed by atoms with Gasteiger partial charge in [0.25, 0.3) is 0 Å². The molecule has 4 aromatic rings. The molecule has 2 aromatic heterocycles. The molecule has 0 amide bonds. The van der Waals surface area contributed by atoms with Gasteiger partial charge in [-0.25, -0.2) is 9.97 Å². The second kappa shape index (κ2) is 9.91. The lowest BCUT2D eigenvalue weighted by atomic mass is 9.98. The number of nitrogens with zero attached hydrogens (tertiary/aromatic N) is 3. The van der Waals surface area contributed by atoms with Crippen LogP contribution in [0.1, 0.15) is 24.2 Å². The molecule has 0 spiro atoms. The third-order valence-corrected chi connectivity index (χ3v) is 5.88. The van der Waals surface area contributed by atoms with Crippen molar-refractivity contribution < 1.29 is 10.2 Å². The lowest BCUT2D eigenvalue weighted by molar-refractivity contribution is 0.277. The van der Waals surface area contributed by atoms with Gasteiger partial charge in [-0.2, -0.15) is 0 Å². The van der Waals surface area contributed by atoms with E-state index in [0.29, 0.717) is 17.1 Å². The first-order chi connectivity index (χ1) is 16.7. The molecule has 3 heterocycles. The van der Waals surface area contributed by atoms with Crippen molar-refractivity contribution in [1.29, 1.82) is 0 Å². The quantitative estimate of drug-likeness (QED) is 0.413. The normalized spacial score (nSPS) is 13.4. The molecule has 168 valence electrons. The van der Waals surface area contributed by atoms with Crippen LogP contribution in [0.2, 0.25) is 0 Å². The number of allylic oxidation sites excluding steroid dienone is 1. The zero-order valence-electron chi connectivity index (χ0n) is 18.7. The zero-order chi connectivity index (χ0) is 23.3. The third-order valence-electron chi connectivity index (χ3n) is 5.88. The first-order valence-electron chi connectivity index (χ1n) is 11.4. The summed E-state index contributed by atoms with van der Waals surface area (Å²) in [4.78, 5) is 14.1. The van der Waals surface area contributed by atoms with Gasteiger partial charge in [-0.3, -0.25) is 4.99 Å². The zero-order valence-corrected chi connectivity index (χ0v) is 18.7. The van der Waals surface area contributed by atoms with E-state index in [4.69, 9.17) is 4.98 Å². The summed E-state index contributed by atoms with van der Waals surface area (Å²) >= 11 is 0. The molecule has 0 unspecified atom stereocenters. The Morgan fingerprint density at radius 2 is 1.32 bits per heavy atom. The van der Waals surface area contributed by atoms with E-state index in [1.807, 2.05) is 42.5 Å². The van der Waals surface area contributed by atoms with E-state index in [1.54, 1.807) is 6.07 Å². The highest BCUT2D eigenvalue weighted by molar-refractivity contribution is 6.01. The van der Waals surface area contributed by atoms with Gasteiger partial charge in [-0.1, -0.05) is 66.7 Å². The Kier molecular flexibility index (Phi) is 6.38. The van der Waals surface area contributed by atoms with Crippen molar-refractivity contribution in [2.45, 2.75) is 19.4 Å². The predicted octanol–water partition coefficient (Wildman–Crippen LogP) is 5.43. The smallest absolute Gasteiger partial charge is 0.0900 e. The minimum Gasteiger partial charge on any atom is -0.390 e. The topological polar surface area (TPSA) is 78.6 Å². The number of pyridine rings is 2. The van der Waals surface area contributed by atoms with Crippen LogP contribution in [0.5, 0.6) is 0 Å². The Morgan fingerprint density at radius 1 is 0.618 bits per heavy atom. The summed E-state index contributed by atoms with van der Waals surface area (Å²) in [5, 5.41) is 19.1. The van der Waals surface area contributed by atoms with Crippen LogP contribution < -0.4 is 0 Å². The second-order valence-corrected chi connectivity index (χ2v) is 8.19. The maximum atomic E-state index is 9.57. The Balaban J connectivity index is 1.60. The van der Waals surface area contributed by atoms with Crippen molar-refractivity contribution in [2.75, 3.05) is 6.61 Å². The summed E-state index contributed by atoms with van der Waals surface area (Å²) in [5.74, 6) is 0. The molecule has 34 heavy (non-hydrogen) atoms. The van der Waals surface area contributed by atoms with Crippen LogP contribution in [0.3, 0.4) is 0 Å². The van der Waals surface area contributed by atoms with Gasteiger partial charge in [-0.05, 0) is 59.4 Å². The molecule has 0 aliphatic carbocycles. The van der Waals surface area contributed by atoms with Gasteiger partial charge in [0.15, 0.2) is 0 Å². The molecule has 0 bridgehead atoms. The molecule has 5 rings (SSSR count). The van der Waals surface area contributed by atoms with Gasteiger partial charge >= 0.3 is 0 Å². The van der Waals surface area contributed by atoms with E-state index in [0.717, 1.165) is 46.6 Å². The van der Waals surface area contributed by atoms with Gasteiger partial charge < -0.3 is 10.2 Å². The highest BCUT2D eigenvalue weighted by Crippen LogP contribution is 2.29. The van der Waals surface area contributed by atoms with Crippen LogP contribution >= 0.6 is 0 Å². The largest absolute Gasteiger partial charge is 0.390 e. The SMILES string of the molecule is OCC1=CCCC(c2cc(-c3ccc(-c4ccccc4)cc3)cc(-c3cccc(CO)n3)n2)=N1. The fourth-order valence-electron chi connectivity index (χ4n) is 4.11. The number of aliphatic hydroxyl groups excluding tert-OH is 2. The molecule has 0 radical (unpaired) electrons. The Labute approximate surface area is 198 Å². The van der Waals surface area contributed by atoms with Crippen molar-refractivity contribution in [2.24, 2.45) is 4.99 Å². The lowest BCUT2D eigenvalue weighted by Crippen LogP contribution is -2.10. The molecule has 5 heteroatoms. The van der Waals surface area contributed by atoms with E-state index in [9.17, 15) is 10.2 Å².